The van der Waals surface area contributed by atoms with E-state index in [0.717, 1.165) is 0 Å². The first-order valence-corrected chi connectivity index (χ1v) is 7.48. The molecule has 0 saturated carbocycles. The Bertz CT molecular complexity index is 487. The van der Waals surface area contributed by atoms with Crippen molar-refractivity contribution in [2.45, 2.75) is 17.7 Å². The number of aromatic nitrogens is 1. The van der Waals surface area contributed by atoms with Gasteiger partial charge in [-0.3, -0.25) is 4.98 Å². The second-order valence-electron chi connectivity index (χ2n) is 3.99. The van der Waals surface area contributed by atoms with Gasteiger partial charge in [-0.05, 0) is 57.8 Å². The summed E-state index contributed by atoms with van der Waals surface area (Å²) in [6.45, 7) is 2.23. The molecule has 2 aromatic rings. The van der Waals surface area contributed by atoms with Crippen molar-refractivity contribution in [2.24, 2.45) is 0 Å². The Balaban J connectivity index is 2.27. The Kier molecular flexibility index (Phi) is 4.56. The number of rotatable bonds is 3. The standard InChI is InChI=1S/C14H13BrIN/c1-10(11-6-8-17-9-7-11)14(15)12-4-2-3-5-13(12)16/h2-10,14H,1H3. The van der Waals surface area contributed by atoms with Crippen LogP contribution < -0.4 is 0 Å². The van der Waals surface area contributed by atoms with Gasteiger partial charge in [-0.2, -0.15) is 0 Å². The van der Waals surface area contributed by atoms with E-state index in [4.69, 9.17) is 0 Å². The van der Waals surface area contributed by atoms with Gasteiger partial charge in [0.25, 0.3) is 0 Å². The molecule has 0 N–H and O–H groups in total. The van der Waals surface area contributed by atoms with Crippen LogP contribution in [-0.2, 0) is 0 Å². The molecule has 17 heavy (non-hydrogen) atoms. The highest BCUT2D eigenvalue weighted by atomic mass is 127. The van der Waals surface area contributed by atoms with Crippen LogP contribution in [0.2, 0.25) is 0 Å². The van der Waals surface area contributed by atoms with E-state index < -0.39 is 0 Å². The molecule has 1 heterocycles. The van der Waals surface area contributed by atoms with Crippen LogP contribution in [0.4, 0.5) is 0 Å². The van der Waals surface area contributed by atoms with Crippen molar-refractivity contribution in [3.8, 4) is 0 Å². The summed E-state index contributed by atoms with van der Waals surface area (Å²) in [6, 6.07) is 12.6. The lowest BCUT2D eigenvalue weighted by Gasteiger charge is -2.20. The van der Waals surface area contributed by atoms with Crippen molar-refractivity contribution in [3.63, 3.8) is 0 Å². The van der Waals surface area contributed by atoms with Gasteiger partial charge < -0.3 is 0 Å². The first-order chi connectivity index (χ1) is 8.20. The number of benzene rings is 1. The maximum atomic E-state index is 4.06. The number of hydrogen-bond donors (Lipinski definition) is 0. The maximum absolute atomic E-state index is 4.06. The number of halogens is 2. The minimum absolute atomic E-state index is 0.331. The van der Waals surface area contributed by atoms with Gasteiger partial charge in [0, 0.05) is 20.8 Å². The van der Waals surface area contributed by atoms with Gasteiger partial charge in [-0.25, -0.2) is 0 Å². The monoisotopic (exact) mass is 401 g/mol. The van der Waals surface area contributed by atoms with Crippen molar-refractivity contribution in [1.29, 1.82) is 0 Å². The molecule has 1 aromatic heterocycles. The summed E-state index contributed by atoms with van der Waals surface area (Å²) < 4.78 is 1.30. The molecule has 0 saturated heterocycles. The van der Waals surface area contributed by atoms with Crippen LogP contribution in [0, 0.1) is 3.57 Å². The Morgan fingerprint density at radius 3 is 2.41 bits per heavy atom. The minimum atomic E-state index is 0.331. The lowest BCUT2D eigenvalue weighted by atomic mass is 9.94. The van der Waals surface area contributed by atoms with E-state index in [1.165, 1.54) is 14.7 Å². The van der Waals surface area contributed by atoms with Gasteiger partial charge in [0.15, 0.2) is 0 Å². The van der Waals surface area contributed by atoms with Gasteiger partial charge in [-0.1, -0.05) is 41.1 Å². The van der Waals surface area contributed by atoms with Crippen molar-refractivity contribution in [1.82, 2.24) is 4.98 Å². The van der Waals surface area contributed by atoms with Crippen LogP contribution >= 0.6 is 38.5 Å². The molecule has 3 heteroatoms. The average molecular weight is 402 g/mol. The highest BCUT2D eigenvalue weighted by Gasteiger charge is 2.19. The SMILES string of the molecule is CC(c1ccncc1)C(Br)c1ccccc1I. The van der Waals surface area contributed by atoms with Gasteiger partial charge >= 0.3 is 0 Å². The van der Waals surface area contributed by atoms with Gasteiger partial charge in [0.05, 0.1) is 0 Å². The third-order valence-corrected chi connectivity index (χ3v) is 5.14. The topological polar surface area (TPSA) is 12.9 Å². The minimum Gasteiger partial charge on any atom is -0.265 e. The molecule has 0 aliphatic rings. The third kappa shape index (κ3) is 3.07. The second-order valence-corrected chi connectivity index (χ2v) is 6.14. The molecular weight excluding hydrogens is 389 g/mol. The van der Waals surface area contributed by atoms with Crippen LogP contribution in [0.5, 0.6) is 0 Å². The van der Waals surface area contributed by atoms with Crippen LogP contribution in [0.3, 0.4) is 0 Å². The molecule has 0 aliphatic carbocycles. The molecule has 0 amide bonds. The zero-order chi connectivity index (χ0) is 12.3. The number of hydrogen-bond acceptors (Lipinski definition) is 1. The molecule has 2 unspecified atom stereocenters. The van der Waals surface area contributed by atoms with Crippen LogP contribution in [0.15, 0.2) is 48.8 Å². The van der Waals surface area contributed by atoms with Crippen molar-refractivity contribution < 1.29 is 0 Å². The number of pyridine rings is 1. The number of nitrogens with zero attached hydrogens (tertiary/aromatic N) is 1. The van der Waals surface area contributed by atoms with Crippen LogP contribution in [0.25, 0.3) is 0 Å². The van der Waals surface area contributed by atoms with Gasteiger partial charge in [0.2, 0.25) is 0 Å². The first-order valence-electron chi connectivity index (χ1n) is 5.48. The van der Waals surface area contributed by atoms with E-state index in [0.29, 0.717) is 10.7 Å². The summed E-state index contributed by atoms with van der Waals surface area (Å²) in [4.78, 5) is 4.39. The molecule has 0 fully saturated rings. The molecule has 1 nitrogen and oxygen atoms in total. The Morgan fingerprint density at radius 2 is 1.76 bits per heavy atom. The smallest absolute Gasteiger partial charge is 0.0471 e. The fraction of sp³-hybridized carbons (Fsp3) is 0.214. The molecule has 0 aliphatic heterocycles. The maximum Gasteiger partial charge on any atom is 0.0471 e. The highest BCUT2D eigenvalue weighted by molar-refractivity contribution is 14.1. The first kappa shape index (κ1) is 13.0. The van der Waals surface area contributed by atoms with Crippen LogP contribution in [-0.4, -0.2) is 4.98 Å². The zero-order valence-electron chi connectivity index (χ0n) is 9.48. The lowest BCUT2D eigenvalue weighted by Crippen LogP contribution is -2.03. The largest absolute Gasteiger partial charge is 0.265 e. The Labute approximate surface area is 124 Å². The molecule has 2 atom stereocenters. The van der Waals surface area contributed by atoms with Gasteiger partial charge in [0.1, 0.15) is 0 Å². The summed E-state index contributed by atoms with van der Waals surface area (Å²) >= 11 is 6.20. The van der Waals surface area contributed by atoms with Crippen molar-refractivity contribution in [3.05, 3.63) is 63.5 Å². The highest BCUT2D eigenvalue weighted by Crippen LogP contribution is 2.39. The lowest BCUT2D eigenvalue weighted by molar-refractivity contribution is 0.747. The average Bonchev–Trinajstić information content (AvgIpc) is 2.39. The van der Waals surface area contributed by atoms with Gasteiger partial charge in [-0.15, -0.1) is 0 Å². The zero-order valence-corrected chi connectivity index (χ0v) is 13.2. The fourth-order valence-corrected chi connectivity index (χ4v) is 3.66. The molecule has 0 spiro atoms. The van der Waals surface area contributed by atoms with Crippen molar-refractivity contribution in [2.75, 3.05) is 0 Å². The second kappa shape index (κ2) is 5.96. The third-order valence-electron chi connectivity index (χ3n) is 2.87. The van der Waals surface area contributed by atoms with E-state index in [2.05, 4.69) is 86.8 Å². The van der Waals surface area contributed by atoms with E-state index >= 15 is 0 Å². The van der Waals surface area contributed by atoms with Crippen LogP contribution in [0.1, 0.15) is 28.8 Å². The summed E-state index contributed by atoms with van der Waals surface area (Å²) in [5, 5.41) is 0. The summed E-state index contributed by atoms with van der Waals surface area (Å²) in [7, 11) is 0. The molecule has 0 bridgehead atoms. The molecule has 1 aromatic carbocycles. The Hall–Kier alpha value is -0.420. The van der Waals surface area contributed by atoms with Crippen molar-refractivity contribution >= 4 is 38.5 Å². The van der Waals surface area contributed by atoms with E-state index in [9.17, 15) is 0 Å². The molecule has 88 valence electrons. The molecular formula is C14H13BrIN. The fourth-order valence-electron chi connectivity index (χ4n) is 1.80. The predicted octanol–water partition coefficient (Wildman–Crippen LogP) is 4.93. The summed E-state index contributed by atoms with van der Waals surface area (Å²) in [5.74, 6) is 0.425. The summed E-state index contributed by atoms with van der Waals surface area (Å²) in [6.07, 6.45) is 3.70. The normalized spacial score (nSPS) is 14.3. The van der Waals surface area contributed by atoms with E-state index in [1.54, 1.807) is 0 Å². The quantitative estimate of drug-likeness (QED) is 0.525. The Morgan fingerprint density at radius 1 is 1.12 bits per heavy atom. The molecule has 2 rings (SSSR count). The summed E-state index contributed by atoms with van der Waals surface area (Å²) in [5.41, 5.74) is 2.65. The van der Waals surface area contributed by atoms with E-state index in [1.807, 2.05) is 12.4 Å². The molecule has 0 radical (unpaired) electrons. The van der Waals surface area contributed by atoms with E-state index in [-0.39, 0.29) is 0 Å². The predicted molar refractivity (Wildman–Crippen MR) is 83.5 cm³/mol. The number of alkyl halides is 1.